The molecule has 6 nitrogen and oxygen atoms in total. The zero-order valence-electron chi connectivity index (χ0n) is 11.2. The van der Waals surface area contributed by atoms with E-state index in [1.165, 1.54) is 6.08 Å². The Morgan fingerprint density at radius 3 is 3.05 bits per heavy atom. The molecule has 6 heteroatoms. The van der Waals surface area contributed by atoms with Gasteiger partial charge in [-0.2, -0.15) is 5.10 Å². The minimum atomic E-state index is -0.361. The largest absolute Gasteiger partial charge is 0.353 e. The zero-order chi connectivity index (χ0) is 13.8. The van der Waals surface area contributed by atoms with Crippen molar-refractivity contribution in [2.24, 2.45) is 7.05 Å². The van der Waals surface area contributed by atoms with Crippen molar-refractivity contribution in [1.82, 2.24) is 20.0 Å². The molecule has 0 bridgehead atoms. The summed E-state index contributed by atoms with van der Waals surface area (Å²) in [4.78, 5) is 25.4. The molecule has 1 aromatic heterocycles. The third-order valence-electron chi connectivity index (χ3n) is 3.14. The van der Waals surface area contributed by atoms with Crippen molar-refractivity contribution < 1.29 is 9.59 Å². The summed E-state index contributed by atoms with van der Waals surface area (Å²) in [5, 5.41) is 6.80. The number of carbonyl (C=O) groups is 2. The SMILES string of the molecule is CCC1C(=O)NCCN1C(=O)/C=C/c1cnn(C)c1. The molecule has 1 saturated heterocycles. The molecule has 19 heavy (non-hydrogen) atoms. The summed E-state index contributed by atoms with van der Waals surface area (Å²) in [6.07, 6.45) is 7.35. The van der Waals surface area contributed by atoms with Crippen LogP contribution in [0.5, 0.6) is 0 Å². The lowest BCUT2D eigenvalue weighted by atomic mass is 10.1. The van der Waals surface area contributed by atoms with E-state index in [0.717, 1.165) is 5.56 Å². The second-order valence-corrected chi connectivity index (χ2v) is 4.53. The van der Waals surface area contributed by atoms with E-state index in [9.17, 15) is 9.59 Å². The molecule has 1 fully saturated rings. The highest BCUT2D eigenvalue weighted by Crippen LogP contribution is 2.10. The second kappa shape index (κ2) is 5.69. The summed E-state index contributed by atoms with van der Waals surface area (Å²) in [6, 6.07) is -0.361. The van der Waals surface area contributed by atoms with Crippen molar-refractivity contribution in [2.75, 3.05) is 13.1 Å². The molecular weight excluding hydrogens is 244 g/mol. The fourth-order valence-electron chi connectivity index (χ4n) is 2.17. The van der Waals surface area contributed by atoms with Gasteiger partial charge in [0.05, 0.1) is 6.20 Å². The molecule has 1 N–H and O–H groups in total. The summed E-state index contributed by atoms with van der Waals surface area (Å²) in [7, 11) is 1.82. The Bertz CT molecular complexity index is 506. The minimum absolute atomic E-state index is 0.0723. The normalized spacial score (nSPS) is 19.8. The van der Waals surface area contributed by atoms with Crippen LogP contribution in [0.1, 0.15) is 18.9 Å². The molecule has 1 unspecified atom stereocenters. The molecule has 0 aliphatic carbocycles. The highest BCUT2D eigenvalue weighted by atomic mass is 16.2. The van der Waals surface area contributed by atoms with Gasteiger partial charge >= 0.3 is 0 Å². The van der Waals surface area contributed by atoms with Crippen LogP contribution in [-0.2, 0) is 16.6 Å². The molecule has 2 heterocycles. The van der Waals surface area contributed by atoms with Gasteiger partial charge in [-0.3, -0.25) is 14.3 Å². The van der Waals surface area contributed by atoms with Crippen LogP contribution in [0.4, 0.5) is 0 Å². The molecule has 1 atom stereocenters. The quantitative estimate of drug-likeness (QED) is 0.790. The van der Waals surface area contributed by atoms with Crippen molar-refractivity contribution in [1.29, 1.82) is 0 Å². The first-order valence-electron chi connectivity index (χ1n) is 6.37. The number of nitrogens with zero attached hydrogens (tertiary/aromatic N) is 3. The third-order valence-corrected chi connectivity index (χ3v) is 3.14. The Kier molecular flexibility index (Phi) is 3.99. The van der Waals surface area contributed by atoms with Gasteiger partial charge in [-0.15, -0.1) is 0 Å². The Balaban J connectivity index is 2.06. The number of rotatable bonds is 3. The van der Waals surface area contributed by atoms with E-state index < -0.39 is 0 Å². The van der Waals surface area contributed by atoms with Crippen molar-refractivity contribution in [3.05, 3.63) is 24.0 Å². The van der Waals surface area contributed by atoms with Crippen LogP contribution in [0, 0.1) is 0 Å². The topological polar surface area (TPSA) is 67.2 Å². The van der Waals surface area contributed by atoms with Gasteiger partial charge in [0.1, 0.15) is 6.04 Å². The first kappa shape index (κ1) is 13.3. The van der Waals surface area contributed by atoms with Gasteiger partial charge in [0.15, 0.2) is 0 Å². The Labute approximate surface area is 112 Å². The van der Waals surface area contributed by atoms with Crippen molar-refractivity contribution >= 4 is 17.9 Å². The molecule has 0 spiro atoms. The molecule has 102 valence electrons. The lowest BCUT2D eigenvalue weighted by Gasteiger charge is -2.33. The monoisotopic (exact) mass is 262 g/mol. The fourth-order valence-corrected chi connectivity index (χ4v) is 2.17. The van der Waals surface area contributed by atoms with Crippen LogP contribution in [0.25, 0.3) is 6.08 Å². The van der Waals surface area contributed by atoms with Gasteiger partial charge in [-0.05, 0) is 12.5 Å². The van der Waals surface area contributed by atoms with Gasteiger partial charge in [-0.1, -0.05) is 6.92 Å². The van der Waals surface area contributed by atoms with Crippen molar-refractivity contribution in [3.63, 3.8) is 0 Å². The van der Waals surface area contributed by atoms with E-state index in [1.54, 1.807) is 21.9 Å². The van der Waals surface area contributed by atoms with E-state index in [1.807, 2.05) is 20.2 Å². The van der Waals surface area contributed by atoms with Gasteiger partial charge < -0.3 is 10.2 Å². The average molecular weight is 262 g/mol. The summed E-state index contributed by atoms with van der Waals surface area (Å²) in [5.74, 6) is -0.206. The van der Waals surface area contributed by atoms with Gasteiger partial charge in [-0.25, -0.2) is 0 Å². The minimum Gasteiger partial charge on any atom is -0.353 e. The predicted molar refractivity (Wildman–Crippen MR) is 71.0 cm³/mol. The van der Waals surface area contributed by atoms with Crippen LogP contribution < -0.4 is 5.32 Å². The number of aryl methyl sites for hydroxylation is 1. The Morgan fingerprint density at radius 1 is 1.63 bits per heavy atom. The van der Waals surface area contributed by atoms with E-state index in [2.05, 4.69) is 10.4 Å². The standard InChI is InChI=1S/C13H18N4O2/c1-3-11-13(19)14-6-7-17(11)12(18)5-4-10-8-15-16(2)9-10/h4-5,8-9,11H,3,6-7H2,1-2H3,(H,14,19)/b5-4+. The molecule has 2 amide bonds. The molecular formula is C13H18N4O2. The summed E-state index contributed by atoms with van der Waals surface area (Å²) >= 11 is 0. The Morgan fingerprint density at radius 2 is 2.42 bits per heavy atom. The number of aromatic nitrogens is 2. The van der Waals surface area contributed by atoms with Gasteiger partial charge in [0.25, 0.3) is 0 Å². The smallest absolute Gasteiger partial charge is 0.247 e. The maximum Gasteiger partial charge on any atom is 0.247 e. The third kappa shape index (κ3) is 3.01. The number of nitrogens with one attached hydrogen (secondary N) is 1. The fraction of sp³-hybridized carbons (Fsp3) is 0.462. The number of piperazine rings is 1. The van der Waals surface area contributed by atoms with Crippen molar-refractivity contribution in [3.8, 4) is 0 Å². The highest BCUT2D eigenvalue weighted by molar-refractivity contribution is 5.96. The van der Waals surface area contributed by atoms with Crippen molar-refractivity contribution in [2.45, 2.75) is 19.4 Å². The van der Waals surface area contributed by atoms with Crippen LogP contribution in [0.15, 0.2) is 18.5 Å². The summed E-state index contributed by atoms with van der Waals surface area (Å²) in [6.45, 7) is 2.98. The van der Waals surface area contributed by atoms with Crippen LogP contribution in [0.2, 0.25) is 0 Å². The first-order chi connectivity index (χ1) is 9.11. The van der Waals surface area contributed by atoms with Crippen LogP contribution in [-0.4, -0.2) is 45.6 Å². The van der Waals surface area contributed by atoms with Gasteiger partial charge in [0.2, 0.25) is 11.8 Å². The van der Waals surface area contributed by atoms with Gasteiger partial charge in [0, 0.05) is 38.0 Å². The zero-order valence-corrected chi connectivity index (χ0v) is 11.2. The molecule has 1 aliphatic rings. The first-order valence-corrected chi connectivity index (χ1v) is 6.37. The number of carbonyl (C=O) groups excluding carboxylic acids is 2. The van der Waals surface area contributed by atoms with Crippen LogP contribution >= 0.6 is 0 Å². The molecule has 0 saturated carbocycles. The molecule has 0 aromatic carbocycles. The maximum atomic E-state index is 12.1. The molecule has 1 aromatic rings. The van der Waals surface area contributed by atoms with E-state index in [-0.39, 0.29) is 17.9 Å². The maximum absolute atomic E-state index is 12.1. The number of hydrogen-bond donors (Lipinski definition) is 1. The number of hydrogen-bond acceptors (Lipinski definition) is 3. The summed E-state index contributed by atoms with van der Waals surface area (Å²) < 4.78 is 1.67. The van der Waals surface area contributed by atoms with E-state index >= 15 is 0 Å². The lowest BCUT2D eigenvalue weighted by molar-refractivity contribution is -0.140. The van der Waals surface area contributed by atoms with E-state index in [4.69, 9.17) is 0 Å². The molecule has 0 radical (unpaired) electrons. The lowest BCUT2D eigenvalue weighted by Crippen LogP contribution is -2.56. The number of amides is 2. The van der Waals surface area contributed by atoms with Crippen LogP contribution in [0.3, 0.4) is 0 Å². The molecule has 1 aliphatic heterocycles. The van der Waals surface area contributed by atoms with E-state index in [0.29, 0.717) is 19.5 Å². The predicted octanol–water partition coefficient (Wildman–Crippen LogP) is 0.170. The highest BCUT2D eigenvalue weighted by Gasteiger charge is 2.30. The molecule has 2 rings (SSSR count). The average Bonchev–Trinajstić information content (AvgIpc) is 2.81. The Hall–Kier alpha value is -2.11. The second-order valence-electron chi connectivity index (χ2n) is 4.53. The summed E-state index contributed by atoms with van der Waals surface area (Å²) in [5.41, 5.74) is 0.866.